The van der Waals surface area contributed by atoms with Crippen LogP contribution in [0.2, 0.25) is 0 Å². The Hall–Kier alpha value is -0.260. The molecule has 0 saturated heterocycles. The highest BCUT2D eigenvalue weighted by molar-refractivity contribution is 4.99. The van der Waals surface area contributed by atoms with Crippen LogP contribution in [0.3, 0.4) is 0 Å². The summed E-state index contributed by atoms with van der Waals surface area (Å²) >= 11 is 0. The number of nitrogens with zero attached hydrogens (tertiary/aromatic N) is 1. The van der Waals surface area contributed by atoms with Crippen molar-refractivity contribution < 1.29 is 13.6 Å². The van der Waals surface area contributed by atoms with E-state index in [9.17, 15) is 8.78 Å². The van der Waals surface area contributed by atoms with E-state index in [-0.39, 0.29) is 13.0 Å². The number of hydrogen-bond acceptors (Lipinski definition) is 3. The van der Waals surface area contributed by atoms with Crippen LogP contribution in [0.25, 0.3) is 0 Å². The maximum atomic E-state index is 13.6. The first-order valence-corrected chi connectivity index (χ1v) is 4.78. The lowest BCUT2D eigenvalue weighted by atomic mass is 9.83. The molecular weight excluding hydrogens is 190 g/mol. The fourth-order valence-corrected chi connectivity index (χ4v) is 2.28. The Morgan fingerprint density at radius 2 is 2.00 bits per heavy atom. The summed E-state index contributed by atoms with van der Waals surface area (Å²) in [5.74, 6) is 2.28. The molecule has 1 rings (SSSR count). The number of halogens is 2. The summed E-state index contributed by atoms with van der Waals surface area (Å²) in [5.41, 5.74) is -1.09. The van der Waals surface area contributed by atoms with Crippen LogP contribution in [0, 0.1) is 5.41 Å². The average molecular weight is 208 g/mol. The lowest BCUT2D eigenvalue weighted by Gasteiger charge is -2.36. The molecule has 3 nitrogen and oxygen atoms in total. The van der Waals surface area contributed by atoms with Crippen molar-refractivity contribution in [2.24, 2.45) is 11.3 Å². The molecule has 1 unspecified atom stereocenters. The Balaban J connectivity index is 2.80. The van der Waals surface area contributed by atoms with Crippen LogP contribution in [0.1, 0.15) is 19.3 Å². The van der Waals surface area contributed by atoms with Gasteiger partial charge in [-0.2, -0.15) is 0 Å². The van der Waals surface area contributed by atoms with Crippen LogP contribution in [0.5, 0.6) is 0 Å². The van der Waals surface area contributed by atoms with Crippen molar-refractivity contribution in [2.75, 3.05) is 27.2 Å². The zero-order valence-corrected chi connectivity index (χ0v) is 8.72. The van der Waals surface area contributed by atoms with Crippen LogP contribution in [-0.4, -0.2) is 38.1 Å². The molecule has 14 heavy (non-hydrogen) atoms. The van der Waals surface area contributed by atoms with E-state index in [4.69, 9.17) is 5.90 Å². The van der Waals surface area contributed by atoms with Crippen LogP contribution in [-0.2, 0) is 4.84 Å². The largest absolute Gasteiger partial charge is 0.309 e. The minimum Gasteiger partial charge on any atom is -0.309 e. The number of hydrogen-bond donors (Lipinski definition) is 1. The van der Waals surface area contributed by atoms with Gasteiger partial charge in [0.05, 0.1) is 12.0 Å². The van der Waals surface area contributed by atoms with Crippen molar-refractivity contribution >= 4 is 0 Å². The Bertz CT molecular complexity index is 199. The summed E-state index contributed by atoms with van der Waals surface area (Å²) in [7, 11) is 3.57. The van der Waals surface area contributed by atoms with Gasteiger partial charge in [0, 0.05) is 13.0 Å². The predicted octanol–water partition coefficient (Wildman–Crippen LogP) is 1.24. The lowest BCUT2D eigenvalue weighted by molar-refractivity contribution is -0.140. The summed E-state index contributed by atoms with van der Waals surface area (Å²) in [6, 6.07) is 0. The Kier molecular flexibility index (Phi) is 3.44. The van der Waals surface area contributed by atoms with Gasteiger partial charge in [-0.05, 0) is 26.9 Å². The summed E-state index contributed by atoms with van der Waals surface area (Å²) in [4.78, 5) is 6.22. The van der Waals surface area contributed by atoms with Gasteiger partial charge in [-0.15, -0.1) is 0 Å². The van der Waals surface area contributed by atoms with Crippen molar-refractivity contribution in [3.63, 3.8) is 0 Å². The van der Waals surface area contributed by atoms with E-state index in [1.165, 1.54) is 0 Å². The van der Waals surface area contributed by atoms with Gasteiger partial charge in [0.25, 0.3) is 5.92 Å². The Morgan fingerprint density at radius 1 is 1.36 bits per heavy atom. The SMILES string of the molecule is CN(C)CC1(CON)CCCC1(F)F. The third-order valence-electron chi connectivity index (χ3n) is 2.90. The molecule has 0 aromatic heterocycles. The van der Waals surface area contributed by atoms with Crippen molar-refractivity contribution in [3.8, 4) is 0 Å². The molecular formula is C9H18F2N2O. The molecule has 0 spiro atoms. The van der Waals surface area contributed by atoms with Crippen molar-refractivity contribution in [2.45, 2.75) is 25.2 Å². The monoisotopic (exact) mass is 208 g/mol. The third kappa shape index (κ3) is 2.04. The number of rotatable bonds is 4. The molecule has 0 aromatic rings. The molecule has 1 saturated carbocycles. The lowest BCUT2D eigenvalue weighted by Crippen LogP contribution is -2.48. The first-order valence-electron chi connectivity index (χ1n) is 4.78. The van der Waals surface area contributed by atoms with Crippen LogP contribution < -0.4 is 5.90 Å². The van der Waals surface area contributed by atoms with Crippen LogP contribution in [0.4, 0.5) is 8.78 Å². The minimum atomic E-state index is -2.66. The van der Waals surface area contributed by atoms with E-state index in [0.29, 0.717) is 19.4 Å². The Morgan fingerprint density at radius 3 is 2.36 bits per heavy atom. The second-order valence-corrected chi connectivity index (χ2v) is 4.39. The standard InChI is InChI=1S/C9H18F2N2O/c1-13(2)6-8(7-14-12)4-3-5-9(8,10)11/h3-7,12H2,1-2H3. The summed E-state index contributed by atoms with van der Waals surface area (Å²) < 4.78 is 27.3. The van der Waals surface area contributed by atoms with Crippen molar-refractivity contribution in [3.05, 3.63) is 0 Å². The van der Waals surface area contributed by atoms with Gasteiger partial charge in [0.1, 0.15) is 0 Å². The number of alkyl halides is 2. The van der Waals surface area contributed by atoms with E-state index in [0.717, 1.165) is 0 Å². The highest BCUT2D eigenvalue weighted by Gasteiger charge is 2.57. The highest BCUT2D eigenvalue weighted by atomic mass is 19.3. The van der Waals surface area contributed by atoms with Gasteiger partial charge >= 0.3 is 0 Å². The van der Waals surface area contributed by atoms with Gasteiger partial charge in [-0.25, -0.2) is 14.7 Å². The molecule has 0 bridgehead atoms. The maximum absolute atomic E-state index is 13.6. The third-order valence-corrected chi connectivity index (χ3v) is 2.90. The quantitative estimate of drug-likeness (QED) is 0.706. The molecule has 84 valence electrons. The van der Waals surface area contributed by atoms with E-state index in [2.05, 4.69) is 4.84 Å². The molecule has 2 N–H and O–H groups in total. The molecule has 0 amide bonds. The van der Waals surface area contributed by atoms with E-state index >= 15 is 0 Å². The summed E-state index contributed by atoms with van der Waals surface area (Å²) in [6.07, 6.45) is 0.976. The molecule has 0 aliphatic heterocycles. The zero-order chi connectivity index (χ0) is 10.8. The zero-order valence-electron chi connectivity index (χ0n) is 8.72. The van der Waals surface area contributed by atoms with Gasteiger partial charge < -0.3 is 9.74 Å². The van der Waals surface area contributed by atoms with Gasteiger partial charge in [-0.1, -0.05) is 0 Å². The van der Waals surface area contributed by atoms with Gasteiger partial charge in [0.15, 0.2) is 0 Å². The summed E-state index contributed by atoms with van der Waals surface area (Å²) in [5, 5.41) is 0. The molecule has 1 aliphatic rings. The van der Waals surface area contributed by atoms with Crippen LogP contribution in [0.15, 0.2) is 0 Å². The van der Waals surface area contributed by atoms with E-state index in [1.807, 2.05) is 0 Å². The molecule has 5 heteroatoms. The molecule has 0 radical (unpaired) electrons. The van der Waals surface area contributed by atoms with Crippen molar-refractivity contribution in [1.29, 1.82) is 0 Å². The highest BCUT2D eigenvalue weighted by Crippen LogP contribution is 2.50. The second kappa shape index (κ2) is 4.08. The average Bonchev–Trinajstić information content (AvgIpc) is 2.26. The first-order chi connectivity index (χ1) is 6.43. The predicted molar refractivity (Wildman–Crippen MR) is 49.9 cm³/mol. The molecule has 1 fully saturated rings. The van der Waals surface area contributed by atoms with Gasteiger partial charge in [0.2, 0.25) is 0 Å². The van der Waals surface area contributed by atoms with Crippen LogP contribution >= 0.6 is 0 Å². The first kappa shape index (κ1) is 11.8. The fraction of sp³-hybridized carbons (Fsp3) is 1.00. The minimum absolute atomic E-state index is 0.0514. The topological polar surface area (TPSA) is 38.5 Å². The molecule has 0 heterocycles. The fourth-order valence-electron chi connectivity index (χ4n) is 2.28. The normalized spacial score (nSPS) is 31.3. The molecule has 1 aliphatic carbocycles. The van der Waals surface area contributed by atoms with Gasteiger partial charge in [-0.3, -0.25) is 0 Å². The number of nitrogens with two attached hydrogens (primary N) is 1. The molecule has 0 aromatic carbocycles. The maximum Gasteiger partial charge on any atom is 0.257 e. The Labute approximate surface area is 83.2 Å². The second-order valence-electron chi connectivity index (χ2n) is 4.39. The summed E-state index contributed by atoms with van der Waals surface area (Å²) in [6.45, 7) is 0.245. The smallest absolute Gasteiger partial charge is 0.257 e. The van der Waals surface area contributed by atoms with Crippen molar-refractivity contribution in [1.82, 2.24) is 4.90 Å². The van der Waals surface area contributed by atoms with E-state index in [1.54, 1.807) is 19.0 Å². The molecule has 1 atom stereocenters. The van der Waals surface area contributed by atoms with E-state index < -0.39 is 11.3 Å².